The van der Waals surface area contributed by atoms with Gasteiger partial charge < -0.3 is 14.7 Å². The maximum atomic E-state index is 10.7. The van der Waals surface area contributed by atoms with Gasteiger partial charge >= 0.3 is 5.97 Å². The van der Waals surface area contributed by atoms with E-state index in [0.717, 1.165) is 17.5 Å². The van der Waals surface area contributed by atoms with Crippen molar-refractivity contribution in [1.29, 1.82) is 0 Å². The normalized spacial score (nSPS) is 12.3. The molecule has 5 heteroatoms. The smallest absolute Gasteiger partial charge is 0.374 e. The Balaban J connectivity index is 2.10. The number of aryl methyl sites for hydroxylation is 1. The van der Waals surface area contributed by atoms with Crippen molar-refractivity contribution in [2.24, 2.45) is 0 Å². The third-order valence-electron chi connectivity index (χ3n) is 2.82. The molecule has 1 heterocycles. The highest BCUT2D eigenvalue weighted by Gasteiger charge is 2.12. The predicted molar refractivity (Wildman–Crippen MR) is 68.9 cm³/mol. The van der Waals surface area contributed by atoms with Gasteiger partial charge in [0.25, 0.3) is 0 Å². The van der Waals surface area contributed by atoms with Gasteiger partial charge in [0.15, 0.2) is 0 Å². The maximum absolute atomic E-state index is 10.7. The van der Waals surface area contributed by atoms with E-state index in [-0.39, 0.29) is 11.9 Å². The van der Waals surface area contributed by atoms with Crippen LogP contribution < -0.4 is 0 Å². The summed E-state index contributed by atoms with van der Waals surface area (Å²) in [4.78, 5) is 10.7. The van der Waals surface area contributed by atoms with Crippen LogP contribution in [-0.2, 0) is 6.42 Å². The first-order chi connectivity index (χ1) is 9.06. The number of benzene rings is 1. The van der Waals surface area contributed by atoms with Crippen LogP contribution in [0.2, 0.25) is 0 Å². The van der Waals surface area contributed by atoms with Gasteiger partial charge in [0.1, 0.15) is 5.69 Å². The topological polar surface area (TPSA) is 83.6 Å². The first-order valence-electron chi connectivity index (χ1n) is 6.03. The third-order valence-corrected chi connectivity index (χ3v) is 2.82. The van der Waals surface area contributed by atoms with Crippen molar-refractivity contribution in [2.75, 3.05) is 0 Å². The molecule has 100 valence electrons. The molecule has 0 spiro atoms. The SMILES string of the molecule is CC(O)CCc1ccc(-c2cc(C(=O)O)on2)cc1. The van der Waals surface area contributed by atoms with Crippen molar-refractivity contribution in [3.05, 3.63) is 41.7 Å². The molecule has 1 aromatic heterocycles. The number of aromatic nitrogens is 1. The zero-order valence-electron chi connectivity index (χ0n) is 10.5. The summed E-state index contributed by atoms with van der Waals surface area (Å²) >= 11 is 0. The fourth-order valence-electron chi connectivity index (χ4n) is 1.73. The van der Waals surface area contributed by atoms with Gasteiger partial charge in [0.05, 0.1) is 6.10 Å². The van der Waals surface area contributed by atoms with Gasteiger partial charge in [-0.2, -0.15) is 0 Å². The molecular weight excluding hydrogens is 246 g/mol. The van der Waals surface area contributed by atoms with E-state index < -0.39 is 5.97 Å². The highest BCUT2D eigenvalue weighted by Crippen LogP contribution is 2.20. The Kier molecular flexibility index (Phi) is 3.97. The summed E-state index contributed by atoms with van der Waals surface area (Å²) in [6, 6.07) is 8.99. The van der Waals surface area contributed by atoms with Crippen LogP contribution in [-0.4, -0.2) is 27.4 Å². The number of aliphatic hydroxyl groups is 1. The fourth-order valence-corrected chi connectivity index (χ4v) is 1.73. The third kappa shape index (κ3) is 3.42. The average molecular weight is 261 g/mol. The second-order valence-corrected chi connectivity index (χ2v) is 4.47. The van der Waals surface area contributed by atoms with Crippen LogP contribution in [0, 0.1) is 0 Å². The largest absolute Gasteiger partial charge is 0.475 e. The molecule has 0 saturated heterocycles. The number of aromatic carboxylic acids is 1. The summed E-state index contributed by atoms with van der Waals surface area (Å²) in [6.07, 6.45) is 1.21. The number of rotatable bonds is 5. The van der Waals surface area contributed by atoms with Gasteiger partial charge in [0.2, 0.25) is 5.76 Å². The van der Waals surface area contributed by atoms with Gasteiger partial charge in [-0.1, -0.05) is 29.4 Å². The Labute approximate surface area is 110 Å². The fraction of sp³-hybridized carbons (Fsp3) is 0.286. The molecule has 0 amide bonds. The van der Waals surface area contributed by atoms with E-state index in [1.807, 2.05) is 24.3 Å². The molecule has 1 unspecified atom stereocenters. The molecule has 0 aliphatic heterocycles. The minimum Gasteiger partial charge on any atom is -0.475 e. The second-order valence-electron chi connectivity index (χ2n) is 4.47. The van der Waals surface area contributed by atoms with Crippen LogP contribution in [0.15, 0.2) is 34.9 Å². The molecule has 5 nitrogen and oxygen atoms in total. The molecule has 19 heavy (non-hydrogen) atoms. The van der Waals surface area contributed by atoms with Crippen molar-refractivity contribution in [3.8, 4) is 11.3 Å². The molecule has 0 aliphatic rings. The number of hydrogen-bond acceptors (Lipinski definition) is 4. The zero-order chi connectivity index (χ0) is 13.8. The standard InChI is InChI=1S/C14H15NO4/c1-9(16)2-3-10-4-6-11(7-5-10)12-8-13(14(17)18)19-15-12/h4-9,16H,2-3H2,1H3,(H,17,18). The summed E-state index contributed by atoms with van der Waals surface area (Å²) in [7, 11) is 0. The Morgan fingerprint density at radius 3 is 2.58 bits per heavy atom. The molecule has 2 rings (SSSR count). The zero-order valence-corrected chi connectivity index (χ0v) is 10.5. The van der Waals surface area contributed by atoms with Crippen LogP contribution in [0.1, 0.15) is 29.5 Å². The molecule has 1 aromatic carbocycles. The van der Waals surface area contributed by atoms with E-state index in [1.54, 1.807) is 6.92 Å². The summed E-state index contributed by atoms with van der Waals surface area (Å²) < 4.78 is 4.71. The summed E-state index contributed by atoms with van der Waals surface area (Å²) in [5, 5.41) is 21.7. The van der Waals surface area contributed by atoms with E-state index in [0.29, 0.717) is 12.1 Å². The number of nitrogens with zero attached hydrogens (tertiary/aromatic N) is 1. The van der Waals surface area contributed by atoms with Crippen molar-refractivity contribution in [1.82, 2.24) is 5.16 Å². The number of aliphatic hydroxyl groups excluding tert-OH is 1. The van der Waals surface area contributed by atoms with Crippen LogP contribution in [0.5, 0.6) is 0 Å². The lowest BCUT2D eigenvalue weighted by molar-refractivity contribution is 0.0652. The van der Waals surface area contributed by atoms with E-state index in [9.17, 15) is 9.90 Å². The molecule has 0 bridgehead atoms. The quantitative estimate of drug-likeness (QED) is 0.863. The van der Waals surface area contributed by atoms with Gasteiger partial charge in [-0.25, -0.2) is 4.79 Å². The molecule has 2 aromatic rings. The molecule has 0 fully saturated rings. The van der Waals surface area contributed by atoms with Crippen molar-refractivity contribution < 1.29 is 19.5 Å². The van der Waals surface area contributed by atoms with E-state index in [4.69, 9.17) is 9.63 Å². The summed E-state index contributed by atoms with van der Waals surface area (Å²) in [5.74, 6) is -1.31. The molecule has 0 saturated carbocycles. The number of carbonyl (C=O) groups is 1. The molecule has 0 radical (unpaired) electrons. The van der Waals surface area contributed by atoms with Crippen molar-refractivity contribution in [3.63, 3.8) is 0 Å². The second kappa shape index (κ2) is 5.67. The van der Waals surface area contributed by atoms with Gasteiger partial charge in [-0.05, 0) is 25.3 Å². The summed E-state index contributed by atoms with van der Waals surface area (Å²) in [5.41, 5.74) is 2.42. The van der Waals surface area contributed by atoms with E-state index >= 15 is 0 Å². The number of carboxylic acids is 1. The predicted octanol–water partition coefficient (Wildman–Crippen LogP) is 2.35. The Morgan fingerprint density at radius 1 is 1.37 bits per heavy atom. The molecule has 1 atom stereocenters. The highest BCUT2D eigenvalue weighted by atomic mass is 16.5. The monoisotopic (exact) mass is 261 g/mol. The molecule has 2 N–H and O–H groups in total. The van der Waals surface area contributed by atoms with Crippen LogP contribution >= 0.6 is 0 Å². The van der Waals surface area contributed by atoms with Crippen LogP contribution in [0.25, 0.3) is 11.3 Å². The number of carboxylic acid groups (broad SMARTS) is 1. The van der Waals surface area contributed by atoms with Crippen LogP contribution in [0.3, 0.4) is 0 Å². The van der Waals surface area contributed by atoms with E-state index in [1.165, 1.54) is 6.07 Å². The van der Waals surface area contributed by atoms with Crippen molar-refractivity contribution in [2.45, 2.75) is 25.9 Å². The molecule has 0 aliphatic carbocycles. The lowest BCUT2D eigenvalue weighted by Gasteiger charge is -2.04. The van der Waals surface area contributed by atoms with Gasteiger partial charge in [-0.15, -0.1) is 0 Å². The van der Waals surface area contributed by atoms with E-state index in [2.05, 4.69) is 5.16 Å². The Bertz CT molecular complexity index is 557. The van der Waals surface area contributed by atoms with Crippen molar-refractivity contribution >= 4 is 5.97 Å². The average Bonchev–Trinajstić information content (AvgIpc) is 2.86. The van der Waals surface area contributed by atoms with Crippen LogP contribution in [0.4, 0.5) is 0 Å². The Hall–Kier alpha value is -2.14. The van der Waals surface area contributed by atoms with Gasteiger partial charge in [0, 0.05) is 11.6 Å². The Morgan fingerprint density at radius 2 is 2.05 bits per heavy atom. The minimum absolute atomic E-state index is 0.173. The molecular formula is C14H15NO4. The highest BCUT2D eigenvalue weighted by molar-refractivity contribution is 5.85. The first kappa shape index (κ1) is 13.3. The minimum atomic E-state index is -1.13. The number of hydrogen-bond donors (Lipinski definition) is 2. The lowest BCUT2D eigenvalue weighted by Crippen LogP contribution is -2.01. The first-order valence-corrected chi connectivity index (χ1v) is 6.03. The lowest BCUT2D eigenvalue weighted by atomic mass is 10.0. The summed E-state index contributed by atoms with van der Waals surface area (Å²) in [6.45, 7) is 1.76. The maximum Gasteiger partial charge on any atom is 0.374 e. The van der Waals surface area contributed by atoms with Gasteiger partial charge in [-0.3, -0.25) is 0 Å².